The zero-order valence-corrected chi connectivity index (χ0v) is 10.9. The number of hydrogen-bond acceptors (Lipinski definition) is 5. The minimum atomic E-state index is -0.470. The first-order chi connectivity index (χ1) is 9.02. The van der Waals surface area contributed by atoms with Gasteiger partial charge in [0.2, 0.25) is 5.88 Å². The van der Waals surface area contributed by atoms with Gasteiger partial charge in [0.1, 0.15) is 12.4 Å². The van der Waals surface area contributed by atoms with Crippen LogP contribution >= 0.6 is 0 Å². The van der Waals surface area contributed by atoms with E-state index >= 15 is 0 Å². The van der Waals surface area contributed by atoms with Crippen molar-refractivity contribution < 1.29 is 9.66 Å². The first kappa shape index (κ1) is 13.0. The lowest BCUT2D eigenvalue weighted by atomic mass is 10.1. The van der Waals surface area contributed by atoms with Crippen LogP contribution < -0.4 is 4.74 Å². The maximum Gasteiger partial charge on any atom is 0.307 e. The fraction of sp³-hybridized carbons (Fsp3) is 0.333. The van der Waals surface area contributed by atoms with Crippen molar-refractivity contribution in [3.8, 4) is 5.88 Å². The van der Waals surface area contributed by atoms with Gasteiger partial charge in [-0.2, -0.15) is 5.10 Å². The van der Waals surface area contributed by atoms with E-state index in [2.05, 4.69) is 10.1 Å². The molecule has 0 saturated carbocycles. The molecule has 0 aliphatic carbocycles. The third-order valence-electron chi connectivity index (χ3n) is 2.85. The van der Waals surface area contributed by atoms with E-state index in [-0.39, 0.29) is 11.7 Å². The summed E-state index contributed by atoms with van der Waals surface area (Å²) in [5.41, 5.74) is 1.79. The van der Waals surface area contributed by atoms with Crippen molar-refractivity contribution in [1.29, 1.82) is 0 Å². The highest BCUT2D eigenvalue weighted by Crippen LogP contribution is 2.27. The quantitative estimate of drug-likeness (QED) is 0.622. The molecule has 100 valence electrons. The molecule has 2 heterocycles. The Morgan fingerprint density at radius 1 is 1.47 bits per heavy atom. The van der Waals surface area contributed by atoms with Crippen molar-refractivity contribution in [2.45, 2.75) is 19.9 Å². The molecule has 0 aromatic carbocycles. The maximum atomic E-state index is 10.7. The van der Waals surface area contributed by atoms with Crippen LogP contribution in [0.15, 0.2) is 24.7 Å². The van der Waals surface area contributed by atoms with Gasteiger partial charge in [0.25, 0.3) is 0 Å². The van der Waals surface area contributed by atoms with Crippen LogP contribution in [0.3, 0.4) is 0 Å². The van der Waals surface area contributed by atoms with E-state index in [1.54, 1.807) is 13.3 Å². The minimum Gasteiger partial charge on any atom is -0.481 e. The van der Waals surface area contributed by atoms with Gasteiger partial charge in [-0.1, -0.05) is 0 Å². The van der Waals surface area contributed by atoms with Crippen molar-refractivity contribution in [3.05, 3.63) is 45.9 Å². The Bertz CT molecular complexity index is 609. The lowest BCUT2D eigenvalue weighted by Crippen LogP contribution is -2.10. The van der Waals surface area contributed by atoms with Gasteiger partial charge in [0.15, 0.2) is 0 Å². The molecule has 0 spiro atoms. The second-order valence-electron chi connectivity index (χ2n) is 4.22. The highest BCUT2D eigenvalue weighted by Gasteiger charge is 2.18. The molecule has 0 saturated heterocycles. The summed E-state index contributed by atoms with van der Waals surface area (Å²) < 4.78 is 6.74. The smallest absolute Gasteiger partial charge is 0.307 e. The summed E-state index contributed by atoms with van der Waals surface area (Å²) in [6.07, 6.45) is 4.33. The molecule has 1 unspecified atom stereocenters. The van der Waals surface area contributed by atoms with Crippen molar-refractivity contribution >= 4 is 5.69 Å². The Kier molecular flexibility index (Phi) is 3.46. The number of aryl methyl sites for hydroxylation is 1. The predicted molar refractivity (Wildman–Crippen MR) is 68.2 cm³/mol. The Hall–Kier alpha value is -2.44. The summed E-state index contributed by atoms with van der Waals surface area (Å²) in [6, 6.07) is 1.74. The molecule has 2 aromatic rings. The molecule has 0 N–H and O–H groups in total. The summed E-state index contributed by atoms with van der Waals surface area (Å²) in [5.74, 6) is 0.497. The van der Waals surface area contributed by atoms with E-state index in [9.17, 15) is 10.1 Å². The first-order valence-electron chi connectivity index (χ1n) is 5.72. The highest BCUT2D eigenvalue weighted by atomic mass is 16.6. The molecule has 1 atom stereocenters. The third kappa shape index (κ3) is 2.54. The minimum absolute atomic E-state index is 0.0357. The Balaban J connectivity index is 2.39. The molecule has 0 amide bonds. The lowest BCUT2D eigenvalue weighted by molar-refractivity contribution is -0.385. The molecular formula is C12H14N4O3. The summed E-state index contributed by atoms with van der Waals surface area (Å²) in [4.78, 5) is 14.4. The second-order valence-corrected chi connectivity index (χ2v) is 4.22. The summed E-state index contributed by atoms with van der Waals surface area (Å²) in [5, 5.41) is 14.7. The number of nitrogens with zero attached hydrogens (tertiary/aromatic N) is 4. The Morgan fingerprint density at radius 2 is 2.21 bits per heavy atom. The number of rotatable bonds is 4. The molecule has 0 bridgehead atoms. The van der Waals surface area contributed by atoms with Gasteiger partial charge in [-0.25, -0.2) is 4.98 Å². The molecule has 0 fully saturated rings. The van der Waals surface area contributed by atoms with Crippen LogP contribution in [0.5, 0.6) is 5.88 Å². The second kappa shape index (κ2) is 5.05. The lowest BCUT2D eigenvalue weighted by Gasteiger charge is -2.15. The number of aromatic nitrogens is 3. The summed E-state index contributed by atoms with van der Waals surface area (Å²) >= 11 is 0. The Morgan fingerprint density at radius 3 is 2.79 bits per heavy atom. The molecule has 7 heteroatoms. The van der Waals surface area contributed by atoms with E-state index in [0.717, 1.165) is 11.1 Å². The Labute approximate surface area is 110 Å². The van der Waals surface area contributed by atoms with Crippen molar-refractivity contribution in [1.82, 2.24) is 14.8 Å². The monoisotopic (exact) mass is 262 g/mol. The van der Waals surface area contributed by atoms with E-state index in [1.807, 2.05) is 19.9 Å². The number of pyridine rings is 1. The standard InChI is InChI=1S/C12H14N4O3/c1-8-4-11(12(19-3)13-5-8)9(2)15-7-10(6-14-15)16(17)18/h4-7,9H,1-3H3. The molecule has 0 aliphatic rings. The average molecular weight is 262 g/mol. The third-order valence-corrected chi connectivity index (χ3v) is 2.85. The van der Waals surface area contributed by atoms with Crippen molar-refractivity contribution in [2.75, 3.05) is 7.11 Å². The summed E-state index contributed by atoms with van der Waals surface area (Å²) in [6.45, 7) is 3.81. The van der Waals surface area contributed by atoms with E-state index < -0.39 is 4.92 Å². The molecular weight excluding hydrogens is 248 g/mol. The normalized spacial score (nSPS) is 12.2. The number of methoxy groups -OCH3 is 1. The van der Waals surface area contributed by atoms with Crippen LogP contribution in [0.25, 0.3) is 0 Å². The number of nitro groups is 1. The van der Waals surface area contributed by atoms with Crippen molar-refractivity contribution in [2.24, 2.45) is 0 Å². The van der Waals surface area contributed by atoms with E-state index in [4.69, 9.17) is 4.74 Å². The molecule has 2 rings (SSSR count). The zero-order valence-electron chi connectivity index (χ0n) is 10.9. The largest absolute Gasteiger partial charge is 0.481 e. The molecule has 2 aromatic heterocycles. The highest BCUT2D eigenvalue weighted by molar-refractivity contribution is 5.33. The fourth-order valence-corrected chi connectivity index (χ4v) is 1.83. The van der Waals surface area contributed by atoms with E-state index in [1.165, 1.54) is 17.1 Å². The van der Waals surface area contributed by atoms with Gasteiger partial charge >= 0.3 is 5.69 Å². The maximum absolute atomic E-state index is 10.7. The zero-order chi connectivity index (χ0) is 14.0. The van der Waals surface area contributed by atoms with Crippen LogP contribution in [0.1, 0.15) is 24.1 Å². The molecule has 0 radical (unpaired) electrons. The van der Waals surface area contributed by atoms with Gasteiger partial charge in [-0.15, -0.1) is 0 Å². The van der Waals surface area contributed by atoms with Crippen LogP contribution in [-0.4, -0.2) is 26.8 Å². The van der Waals surface area contributed by atoms with Gasteiger partial charge in [-0.05, 0) is 25.5 Å². The van der Waals surface area contributed by atoms with Crippen LogP contribution in [0.4, 0.5) is 5.69 Å². The number of ether oxygens (including phenoxy) is 1. The fourth-order valence-electron chi connectivity index (χ4n) is 1.83. The van der Waals surface area contributed by atoms with Crippen LogP contribution in [0.2, 0.25) is 0 Å². The predicted octanol–water partition coefficient (Wildman–Crippen LogP) is 2.11. The van der Waals surface area contributed by atoms with Gasteiger partial charge in [-0.3, -0.25) is 14.8 Å². The van der Waals surface area contributed by atoms with Gasteiger partial charge < -0.3 is 4.74 Å². The van der Waals surface area contributed by atoms with E-state index in [0.29, 0.717) is 5.88 Å². The van der Waals surface area contributed by atoms with Gasteiger partial charge in [0, 0.05) is 11.8 Å². The average Bonchev–Trinajstić information content (AvgIpc) is 2.87. The molecule has 7 nitrogen and oxygen atoms in total. The number of hydrogen-bond donors (Lipinski definition) is 0. The van der Waals surface area contributed by atoms with Crippen molar-refractivity contribution in [3.63, 3.8) is 0 Å². The topological polar surface area (TPSA) is 83.1 Å². The van der Waals surface area contributed by atoms with Crippen LogP contribution in [0, 0.1) is 17.0 Å². The molecule has 0 aliphatic heterocycles. The SMILES string of the molecule is COc1ncc(C)cc1C(C)n1cc([N+](=O)[O-])cn1. The van der Waals surface area contributed by atoms with Gasteiger partial charge in [0.05, 0.1) is 18.1 Å². The molecule has 19 heavy (non-hydrogen) atoms. The first-order valence-corrected chi connectivity index (χ1v) is 5.72. The van der Waals surface area contributed by atoms with Crippen LogP contribution in [-0.2, 0) is 0 Å². The summed E-state index contributed by atoms with van der Waals surface area (Å²) in [7, 11) is 1.54.